The van der Waals surface area contributed by atoms with Crippen LogP contribution in [0.2, 0.25) is 0 Å². The lowest BCUT2D eigenvalue weighted by molar-refractivity contribution is 0.102. The molecule has 0 fully saturated rings. The van der Waals surface area contributed by atoms with E-state index < -0.39 is 5.91 Å². The van der Waals surface area contributed by atoms with Crippen molar-refractivity contribution in [1.82, 2.24) is 9.97 Å². The maximum atomic E-state index is 13.0. The van der Waals surface area contributed by atoms with Gasteiger partial charge in [0.1, 0.15) is 23.0 Å². The number of methoxy groups -OCH3 is 2. The molecule has 2 aromatic carbocycles. The van der Waals surface area contributed by atoms with Crippen LogP contribution in [0.15, 0.2) is 48.5 Å². The number of anilines is 3. The quantitative estimate of drug-likeness (QED) is 0.672. The molecule has 0 atom stereocenters. The number of hydrogen-bond acceptors (Lipinski definition) is 6. The summed E-state index contributed by atoms with van der Waals surface area (Å²) in [6, 6.07) is 12.4. The number of hydrogen-bond donors (Lipinski definition) is 2. The van der Waals surface area contributed by atoms with Crippen molar-refractivity contribution in [2.75, 3.05) is 24.9 Å². The van der Waals surface area contributed by atoms with Crippen molar-refractivity contribution >= 4 is 23.2 Å². The summed E-state index contributed by atoms with van der Waals surface area (Å²) in [7, 11) is 3.05. The monoisotopic (exact) mass is 382 g/mol. The van der Waals surface area contributed by atoms with Crippen LogP contribution in [0.3, 0.4) is 0 Å². The fourth-order valence-corrected chi connectivity index (χ4v) is 2.49. The predicted octanol–water partition coefficient (Wildman–Crippen LogP) is 3.94. The van der Waals surface area contributed by atoms with Gasteiger partial charge in [-0.05, 0) is 49.4 Å². The first-order valence-corrected chi connectivity index (χ1v) is 8.40. The Hall–Kier alpha value is -3.68. The molecule has 1 amide bonds. The molecule has 28 heavy (non-hydrogen) atoms. The van der Waals surface area contributed by atoms with Gasteiger partial charge in [0.15, 0.2) is 0 Å². The lowest BCUT2D eigenvalue weighted by Gasteiger charge is -2.12. The lowest BCUT2D eigenvalue weighted by Crippen LogP contribution is -2.16. The summed E-state index contributed by atoms with van der Waals surface area (Å²) < 4.78 is 23.5. The third-order valence-electron chi connectivity index (χ3n) is 3.84. The maximum Gasteiger partial charge on any atom is 0.274 e. The van der Waals surface area contributed by atoms with Crippen LogP contribution >= 0.6 is 0 Å². The average Bonchev–Trinajstić information content (AvgIpc) is 2.69. The summed E-state index contributed by atoms with van der Waals surface area (Å²) in [5.74, 6) is 0.542. The molecule has 0 unspecified atom stereocenters. The van der Waals surface area contributed by atoms with Crippen LogP contribution in [0.4, 0.5) is 21.7 Å². The minimum atomic E-state index is -0.420. The van der Waals surface area contributed by atoms with Crippen LogP contribution in [0, 0.1) is 12.7 Å². The summed E-state index contributed by atoms with van der Waals surface area (Å²) in [5.41, 5.74) is 1.87. The number of ether oxygens (including phenoxy) is 2. The highest BCUT2D eigenvalue weighted by atomic mass is 19.1. The van der Waals surface area contributed by atoms with Gasteiger partial charge in [0.2, 0.25) is 5.95 Å². The topological polar surface area (TPSA) is 85.4 Å². The summed E-state index contributed by atoms with van der Waals surface area (Å²) in [6.07, 6.45) is 0. The van der Waals surface area contributed by atoms with Crippen molar-refractivity contribution in [2.45, 2.75) is 6.92 Å². The van der Waals surface area contributed by atoms with E-state index in [1.54, 1.807) is 50.4 Å². The molecule has 0 saturated heterocycles. The van der Waals surface area contributed by atoms with Crippen molar-refractivity contribution < 1.29 is 18.7 Å². The number of aryl methyl sites for hydroxylation is 1. The van der Waals surface area contributed by atoms with Gasteiger partial charge in [0.05, 0.1) is 19.9 Å². The van der Waals surface area contributed by atoms with Gasteiger partial charge < -0.3 is 20.1 Å². The number of carbonyl (C=O) groups excluding carboxylic acids is 1. The third kappa shape index (κ3) is 4.53. The van der Waals surface area contributed by atoms with Crippen LogP contribution in [-0.4, -0.2) is 30.1 Å². The molecule has 2 N–H and O–H groups in total. The van der Waals surface area contributed by atoms with Gasteiger partial charge in [-0.25, -0.2) is 14.4 Å². The zero-order valence-corrected chi connectivity index (χ0v) is 15.6. The minimum absolute atomic E-state index is 0.176. The normalized spacial score (nSPS) is 10.3. The van der Waals surface area contributed by atoms with E-state index in [-0.39, 0.29) is 17.5 Å². The highest BCUT2D eigenvalue weighted by molar-refractivity contribution is 6.04. The molecule has 144 valence electrons. The highest BCUT2D eigenvalue weighted by Gasteiger charge is 2.14. The Morgan fingerprint density at radius 3 is 2.43 bits per heavy atom. The Labute approximate surface area is 161 Å². The van der Waals surface area contributed by atoms with E-state index in [1.807, 2.05) is 0 Å². The standard InChI is InChI=1S/C20H19FN4O3/c1-12-10-17(25-20(22-12)23-14-6-4-13(21)5-7-14)19(26)24-16-9-8-15(27-2)11-18(16)28-3/h4-11H,1-3H3,(H,24,26)(H,22,23,25). The zero-order chi connectivity index (χ0) is 20.1. The summed E-state index contributed by atoms with van der Waals surface area (Å²) in [6.45, 7) is 1.75. The van der Waals surface area contributed by atoms with E-state index >= 15 is 0 Å². The van der Waals surface area contributed by atoms with Crippen LogP contribution in [-0.2, 0) is 0 Å². The molecule has 0 aliphatic rings. The van der Waals surface area contributed by atoms with Gasteiger partial charge in [0.25, 0.3) is 5.91 Å². The van der Waals surface area contributed by atoms with Gasteiger partial charge in [-0.3, -0.25) is 4.79 Å². The molecule has 1 heterocycles. The molecular formula is C20H19FN4O3. The number of benzene rings is 2. The van der Waals surface area contributed by atoms with Crippen molar-refractivity contribution in [3.05, 3.63) is 65.7 Å². The van der Waals surface area contributed by atoms with Gasteiger partial charge in [-0.1, -0.05) is 0 Å². The maximum absolute atomic E-state index is 13.0. The fraction of sp³-hybridized carbons (Fsp3) is 0.150. The fourth-order valence-electron chi connectivity index (χ4n) is 2.49. The Morgan fingerprint density at radius 2 is 1.75 bits per heavy atom. The predicted molar refractivity (Wildman–Crippen MR) is 104 cm³/mol. The van der Waals surface area contributed by atoms with Crippen molar-refractivity contribution in [3.8, 4) is 11.5 Å². The number of aromatic nitrogens is 2. The van der Waals surface area contributed by atoms with Crippen LogP contribution < -0.4 is 20.1 Å². The van der Waals surface area contributed by atoms with Gasteiger partial charge in [0, 0.05) is 17.4 Å². The summed E-state index contributed by atoms with van der Waals surface area (Å²) in [5, 5.41) is 5.73. The molecule has 0 saturated carbocycles. The Morgan fingerprint density at radius 1 is 1.00 bits per heavy atom. The number of rotatable bonds is 6. The Balaban J connectivity index is 1.82. The van der Waals surface area contributed by atoms with Crippen molar-refractivity contribution in [2.24, 2.45) is 0 Å². The molecule has 3 rings (SSSR count). The van der Waals surface area contributed by atoms with Crippen molar-refractivity contribution in [3.63, 3.8) is 0 Å². The molecule has 7 nitrogen and oxygen atoms in total. The van der Waals surface area contributed by atoms with E-state index in [1.165, 1.54) is 19.2 Å². The lowest BCUT2D eigenvalue weighted by atomic mass is 10.2. The van der Waals surface area contributed by atoms with E-state index in [4.69, 9.17) is 9.47 Å². The van der Waals surface area contributed by atoms with E-state index in [0.717, 1.165) is 0 Å². The average molecular weight is 382 g/mol. The minimum Gasteiger partial charge on any atom is -0.497 e. The van der Waals surface area contributed by atoms with Gasteiger partial charge in [-0.2, -0.15) is 0 Å². The number of carbonyl (C=O) groups is 1. The van der Waals surface area contributed by atoms with Gasteiger partial charge >= 0.3 is 0 Å². The molecule has 8 heteroatoms. The van der Waals surface area contributed by atoms with Crippen LogP contribution in [0.25, 0.3) is 0 Å². The number of nitrogens with one attached hydrogen (secondary N) is 2. The second kappa shape index (κ2) is 8.34. The molecule has 0 spiro atoms. The number of amides is 1. The second-order valence-electron chi connectivity index (χ2n) is 5.87. The Bertz CT molecular complexity index is 993. The smallest absolute Gasteiger partial charge is 0.274 e. The third-order valence-corrected chi connectivity index (χ3v) is 3.84. The van der Waals surface area contributed by atoms with E-state index in [9.17, 15) is 9.18 Å². The highest BCUT2D eigenvalue weighted by Crippen LogP contribution is 2.29. The van der Waals surface area contributed by atoms with Gasteiger partial charge in [-0.15, -0.1) is 0 Å². The largest absolute Gasteiger partial charge is 0.497 e. The number of nitrogens with zero attached hydrogens (tertiary/aromatic N) is 2. The molecule has 0 radical (unpaired) electrons. The first-order chi connectivity index (χ1) is 13.5. The SMILES string of the molecule is COc1ccc(NC(=O)c2cc(C)nc(Nc3ccc(F)cc3)n2)c(OC)c1. The number of halogens is 1. The second-order valence-corrected chi connectivity index (χ2v) is 5.87. The first-order valence-electron chi connectivity index (χ1n) is 8.40. The van der Waals surface area contributed by atoms with Crippen LogP contribution in [0.5, 0.6) is 11.5 Å². The van der Waals surface area contributed by atoms with Crippen molar-refractivity contribution in [1.29, 1.82) is 0 Å². The molecule has 1 aromatic heterocycles. The summed E-state index contributed by atoms with van der Waals surface area (Å²) in [4.78, 5) is 21.2. The molecule has 0 aliphatic carbocycles. The Kier molecular flexibility index (Phi) is 5.69. The molecule has 0 bridgehead atoms. The first kappa shape index (κ1) is 19.1. The molecule has 3 aromatic rings. The zero-order valence-electron chi connectivity index (χ0n) is 15.6. The van der Waals surface area contributed by atoms with E-state index in [0.29, 0.717) is 28.6 Å². The van der Waals surface area contributed by atoms with Crippen LogP contribution in [0.1, 0.15) is 16.2 Å². The molecule has 0 aliphatic heterocycles. The van der Waals surface area contributed by atoms with E-state index in [2.05, 4.69) is 20.6 Å². The molecular weight excluding hydrogens is 363 g/mol. The summed E-state index contributed by atoms with van der Waals surface area (Å²) >= 11 is 0.